The number of carboxylic acids is 1. The van der Waals surface area contributed by atoms with Crippen LogP contribution in [0.25, 0.3) is 0 Å². The van der Waals surface area contributed by atoms with Gasteiger partial charge in [0.15, 0.2) is 0 Å². The topological polar surface area (TPSA) is 63.6 Å². The van der Waals surface area contributed by atoms with Gasteiger partial charge in [0.2, 0.25) is 0 Å². The summed E-state index contributed by atoms with van der Waals surface area (Å²) in [7, 11) is 1.01. The number of rotatable bonds is 0. The van der Waals surface area contributed by atoms with Crippen molar-refractivity contribution in [3.63, 3.8) is 0 Å². The van der Waals surface area contributed by atoms with E-state index in [1.54, 1.807) is 0 Å². The zero-order valence-electron chi connectivity index (χ0n) is 3.67. The molecule has 0 aromatic rings. The standard InChI is InChI=1S/C2H3BO4.BH3.2Ca.Li.5H/c3-7-2(6)1(4)5;;;;;;;;;/h3H2,(H,4,5);1H3;;;;;;;;. The second-order valence-corrected chi connectivity index (χ2v) is 0.797. The molecule has 0 aromatic carbocycles. The van der Waals surface area contributed by atoms with Crippen LogP contribution >= 0.6 is 0 Å². The van der Waals surface area contributed by atoms with E-state index in [1.165, 1.54) is 0 Å². The number of carbonyl (C=O) groups is 2. The quantitative estimate of drug-likeness (QED) is 0.318. The van der Waals surface area contributed by atoms with Gasteiger partial charge >= 0.3 is 114 Å². The van der Waals surface area contributed by atoms with E-state index in [-0.39, 0.29) is 103 Å². The van der Waals surface area contributed by atoms with Crippen LogP contribution in [0.4, 0.5) is 0 Å². The molecule has 9 heteroatoms. The van der Waals surface area contributed by atoms with Crippen molar-refractivity contribution < 1.29 is 19.3 Å². The summed E-state index contributed by atoms with van der Waals surface area (Å²) in [5.41, 5.74) is 0. The van der Waals surface area contributed by atoms with Gasteiger partial charge in [0, 0.05) is 0 Å². The van der Waals surface area contributed by atoms with Crippen LogP contribution in [0.2, 0.25) is 0 Å². The summed E-state index contributed by atoms with van der Waals surface area (Å²) in [5, 5.41) is 7.71. The first-order chi connectivity index (χ1) is 3.18. The summed E-state index contributed by atoms with van der Waals surface area (Å²) in [4.78, 5) is 19.1. The summed E-state index contributed by atoms with van der Waals surface area (Å²) < 4.78 is 3.77. The van der Waals surface area contributed by atoms with E-state index in [1.807, 2.05) is 0 Å². The third-order valence-corrected chi connectivity index (χ3v) is 0.360. The Hall–Kier alpha value is 2.19. The van der Waals surface area contributed by atoms with E-state index < -0.39 is 11.9 Å². The van der Waals surface area contributed by atoms with Crippen molar-refractivity contribution in [2.75, 3.05) is 0 Å². The van der Waals surface area contributed by atoms with Crippen molar-refractivity contribution in [3.05, 3.63) is 0 Å². The predicted octanol–water partition coefficient (Wildman–Crippen LogP) is -5.50. The van der Waals surface area contributed by atoms with Crippen molar-refractivity contribution in [1.82, 2.24) is 0 Å². The van der Waals surface area contributed by atoms with E-state index >= 15 is 0 Å². The van der Waals surface area contributed by atoms with Crippen molar-refractivity contribution in [3.8, 4) is 0 Å². The van der Waals surface area contributed by atoms with Crippen LogP contribution in [-0.2, 0) is 14.2 Å². The van der Waals surface area contributed by atoms with E-state index in [0.29, 0.717) is 0 Å². The van der Waals surface area contributed by atoms with Crippen molar-refractivity contribution >= 4 is 123 Å². The summed E-state index contributed by atoms with van der Waals surface area (Å²) in [6.07, 6.45) is 0. The molecule has 1 N–H and O–H groups in total. The second-order valence-electron chi connectivity index (χ2n) is 0.797. The summed E-state index contributed by atoms with van der Waals surface area (Å²) in [6, 6.07) is 0. The molecule has 0 rings (SSSR count). The molecule has 0 unspecified atom stereocenters. The summed E-state index contributed by atoms with van der Waals surface area (Å²) in [5.74, 6) is -2.80. The van der Waals surface area contributed by atoms with Crippen molar-refractivity contribution in [2.24, 2.45) is 0 Å². The molecule has 0 heterocycles. The molecule has 11 heavy (non-hydrogen) atoms. The molecule has 0 atom stereocenters. The second kappa shape index (κ2) is 18.1. The number of hydrogen-bond donors (Lipinski definition) is 1. The molecule has 0 aliphatic heterocycles. The Morgan fingerprint density at radius 1 is 1.27 bits per heavy atom. The maximum absolute atomic E-state index is 9.69. The fourth-order valence-corrected chi connectivity index (χ4v) is 0.0873. The molecule has 0 aliphatic carbocycles. The third kappa shape index (κ3) is 18.9. The molecule has 54 valence electrons. The predicted molar refractivity (Wildman–Crippen MR) is 56.4 cm³/mol. The van der Waals surface area contributed by atoms with E-state index in [0.717, 1.165) is 8.05 Å². The Labute approximate surface area is 139 Å². The molecule has 0 amide bonds. The van der Waals surface area contributed by atoms with Crippen LogP contribution < -0.4 is 0 Å². The molecule has 0 saturated heterocycles. The third-order valence-electron chi connectivity index (χ3n) is 0.360. The first-order valence-electron chi connectivity index (χ1n) is 1.49. The van der Waals surface area contributed by atoms with Crippen LogP contribution in [0.1, 0.15) is 0 Å². The number of aliphatic carboxylic acids is 1. The first-order valence-corrected chi connectivity index (χ1v) is 1.49. The monoisotopic (exact) mass is 208 g/mol. The van der Waals surface area contributed by atoms with Gasteiger partial charge in [-0.05, 0) is 0 Å². The van der Waals surface area contributed by atoms with Crippen LogP contribution in [0.5, 0.6) is 0 Å². The Balaban J connectivity index is -0.0000000300. The summed E-state index contributed by atoms with van der Waals surface area (Å²) >= 11 is 0. The van der Waals surface area contributed by atoms with Crippen molar-refractivity contribution in [1.29, 1.82) is 0 Å². The Morgan fingerprint density at radius 3 is 1.55 bits per heavy atom. The number of carbonyl (C=O) groups excluding carboxylic acids is 1. The van der Waals surface area contributed by atoms with E-state index in [4.69, 9.17) is 5.11 Å². The fourth-order valence-electron chi connectivity index (χ4n) is 0.0873. The van der Waals surface area contributed by atoms with E-state index in [2.05, 4.69) is 4.65 Å². The minimum atomic E-state index is -1.57. The van der Waals surface area contributed by atoms with Gasteiger partial charge in [-0.15, -0.1) is 0 Å². The molecule has 0 fully saturated rings. The Bertz CT molecular complexity index is 112. The van der Waals surface area contributed by atoms with Gasteiger partial charge in [-0.1, -0.05) is 0 Å². The molecule has 0 spiro atoms. The van der Waals surface area contributed by atoms with Crippen LogP contribution in [0, 0.1) is 0 Å². The Kier molecular flexibility index (Phi) is 48.0. The normalized spacial score (nSPS) is 4.73. The molecular formula is C2H11B2Ca2LiO4. The first kappa shape index (κ1) is 29.2. The summed E-state index contributed by atoms with van der Waals surface area (Å²) in [6.45, 7) is 0. The SMILES string of the molecule is B.BOC(=O)C(=O)O.[CaH2].[CaH2].[LiH]. The van der Waals surface area contributed by atoms with Gasteiger partial charge in [-0.2, -0.15) is 0 Å². The maximum atomic E-state index is 9.69. The van der Waals surface area contributed by atoms with Gasteiger partial charge < -0.3 is 9.76 Å². The zero-order valence-corrected chi connectivity index (χ0v) is 3.67. The molecule has 4 nitrogen and oxygen atoms in total. The van der Waals surface area contributed by atoms with Crippen LogP contribution in [0.3, 0.4) is 0 Å². The molecular weight excluding hydrogens is 197 g/mol. The van der Waals surface area contributed by atoms with Gasteiger partial charge in [0.1, 0.15) is 0 Å². The molecule has 0 saturated carbocycles. The van der Waals surface area contributed by atoms with E-state index in [9.17, 15) is 9.59 Å². The molecule has 0 aliphatic rings. The van der Waals surface area contributed by atoms with Gasteiger partial charge in [-0.25, -0.2) is 9.59 Å². The van der Waals surface area contributed by atoms with Gasteiger partial charge in [-0.3, -0.25) is 0 Å². The average Bonchev–Trinajstić information content (AvgIpc) is 1.65. The van der Waals surface area contributed by atoms with Gasteiger partial charge in [0.05, 0.1) is 8.41 Å². The minimum absolute atomic E-state index is 0. The van der Waals surface area contributed by atoms with Crippen LogP contribution in [0.15, 0.2) is 0 Å². The molecule has 0 bridgehead atoms. The van der Waals surface area contributed by atoms with Crippen molar-refractivity contribution in [2.45, 2.75) is 0 Å². The van der Waals surface area contributed by atoms with Crippen LogP contribution in [-0.4, -0.2) is 128 Å². The van der Waals surface area contributed by atoms with Gasteiger partial charge in [0.25, 0.3) is 0 Å². The average molecular weight is 208 g/mol. The fraction of sp³-hybridized carbons (Fsp3) is 0. The zero-order chi connectivity index (χ0) is 5.86. The molecule has 0 aromatic heterocycles. The number of hydrogen-bond acceptors (Lipinski definition) is 3. The molecule has 0 radical (unpaired) electrons. The number of carboxylic acid groups (broad SMARTS) is 1. The Morgan fingerprint density at radius 2 is 1.55 bits per heavy atom.